The maximum Gasteiger partial charge on any atom is -0.0412 e. The third-order valence-electron chi connectivity index (χ3n) is 12.5. The molecule has 0 aliphatic heterocycles. The fourth-order valence-electron chi connectivity index (χ4n) is 10.5. The van der Waals surface area contributed by atoms with Crippen molar-refractivity contribution in [2.75, 3.05) is 0 Å². The lowest BCUT2D eigenvalue weighted by Crippen LogP contribution is -2.20. The molecule has 0 N–H and O–H groups in total. The highest BCUT2D eigenvalue weighted by atomic mass is 14.3. The molecule has 0 nitrogen and oxygen atoms in total. The van der Waals surface area contributed by atoms with Crippen LogP contribution in [0.25, 0.3) is 0 Å². The lowest BCUT2D eigenvalue weighted by Gasteiger charge is -2.33. The van der Waals surface area contributed by atoms with Crippen molar-refractivity contribution < 1.29 is 0 Å². The molecule has 0 unspecified atom stereocenters. The number of hydrogen-bond acceptors (Lipinski definition) is 0. The molecule has 0 heterocycles. The van der Waals surface area contributed by atoms with Crippen LogP contribution in [-0.4, -0.2) is 0 Å². The van der Waals surface area contributed by atoms with Crippen molar-refractivity contribution in [3.63, 3.8) is 0 Å². The van der Waals surface area contributed by atoms with Gasteiger partial charge in [-0.1, -0.05) is 154 Å². The van der Waals surface area contributed by atoms with Crippen molar-refractivity contribution in [1.82, 2.24) is 0 Å². The Morgan fingerprint density at radius 2 is 0.278 bits per heavy atom. The molecular formula is C36H64. The number of fused-ring (bicyclic) bond motifs is 8. The number of rotatable bonds is 0. The Bertz CT molecular complexity index is 409. The largest absolute Gasteiger partial charge is 0.0528 e. The summed E-state index contributed by atoms with van der Waals surface area (Å²) in [4.78, 5) is 0. The highest BCUT2D eigenvalue weighted by molar-refractivity contribution is 4.80. The van der Waals surface area contributed by atoms with Gasteiger partial charge in [0.05, 0.1) is 0 Å². The minimum atomic E-state index is 1.06. The SMILES string of the molecule is C1CC2CCCC3CCCC4CCCC(C1)CC1CCCC(CCCC(CCCC(CCC1)C4)C3)C2. The normalized spacial score (nSPS) is 42.7. The highest BCUT2D eigenvalue weighted by Crippen LogP contribution is 2.41. The predicted octanol–water partition coefficient (Wildman–Crippen LogP) is 11.9. The van der Waals surface area contributed by atoms with Gasteiger partial charge >= 0.3 is 0 Å². The number of hydrogen-bond donors (Lipinski definition) is 0. The molecule has 4 rings (SSSR count). The van der Waals surface area contributed by atoms with Crippen LogP contribution in [-0.2, 0) is 0 Å². The molecule has 0 amide bonds. The topological polar surface area (TPSA) is 0 Å². The van der Waals surface area contributed by atoms with E-state index in [1.54, 1.807) is 180 Å². The van der Waals surface area contributed by atoms with Crippen molar-refractivity contribution in [2.24, 2.45) is 47.3 Å². The molecule has 4 aliphatic carbocycles. The van der Waals surface area contributed by atoms with Crippen LogP contribution in [0.2, 0.25) is 0 Å². The first kappa shape index (κ1) is 27.6. The minimum Gasteiger partial charge on any atom is -0.0528 e. The summed E-state index contributed by atoms with van der Waals surface area (Å²) in [6.45, 7) is 0. The predicted molar refractivity (Wildman–Crippen MR) is 157 cm³/mol. The highest BCUT2D eigenvalue weighted by Gasteiger charge is 2.27. The molecule has 4 fully saturated rings. The maximum atomic E-state index is 1.61. The van der Waals surface area contributed by atoms with Crippen LogP contribution in [0.5, 0.6) is 0 Å². The molecule has 4 saturated carbocycles. The Hall–Kier alpha value is 0. The molecule has 0 spiro atoms. The second-order valence-electron chi connectivity index (χ2n) is 15.3. The molecule has 36 heavy (non-hydrogen) atoms. The van der Waals surface area contributed by atoms with Crippen LogP contribution in [0, 0.1) is 47.3 Å². The molecule has 8 bridgehead atoms. The van der Waals surface area contributed by atoms with E-state index in [1.807, 2.05) is 0 Å². The summed E-state index contributed by atoms with van der Waals surface area (Å²) < 4.78 is 0. The summed E-state index contributed by atoms with van der Waals surface area (Å²) in [6.07, 6.45) is 44.2. The minimum absolute atomic E-state index is 1.06. The van der Waals surface area contributed by atoms with Gasteiger partial charge in [-0.15, -0.1) is 0 Å². The van der Waals surface area contributed by atoms with Gasteiger partial charge in [0.15, 0.2) is 0 Å². The zero-order chi connectivity index (χ0) is 24.4. The monoisotopic (exact) mass is 497 g/mol. The van der Waals surface area contributed by atoms with Crippen LogP contribution in [0.3, 0.4) is 0 Å². The average molecular weight is 497 g/mol. The van der Waals surface area contributed by atoms with Gasteiger partial charge in [-0.2, -0.15) is 0 Å². The first-order valence-electron chi connectivity index (χ1n) is 17.8. The molecular weight excluding hydrogens is 432 g/mol. The fraction of sp³-hybridized carbons (Fsp3) is 1.00. The smallest absolute Gasteiger partial charge is 0.0412 e. The van der Waals surface area contributed by atoms with Gasteiger partial charge in [0.2, 0.25) is 0 Å². The van der Waals surface area contributed by atoms with Crippen molar-refractivity contribution in [3.05, 3.63) is 0 Å². The Balaban J connectivity index is 1.45. The lowest BCUT2D eigenvalue weighted by atomic mass is 9.72. The molecule has 0 aromatic heterocycles. The third-order valence-corrected chi connectivity index (χ3v) is 12.5. The Kier molecular flexibility index (Phi) is 11.5. The Labute approximate surface area is 226 Å². The van der Waals surface area contributed by atoms with Crippen LogP contribution in [0.4, 0.5) is 0 Å². The van der Waals surface area contributed by atoms with Crippen LogP contribution in [0.1, 0.15) is 180 Å². The van der Waals surface area contributed by atoms with Gasteiger partial charge in [-0.3, -0.25) is 0 Å². The summed E-state index contributed by atoms with van der Waals surface area (Å²) in [5.41, 5.74) is 0. The molecule has 0 heteroatoms. The van der Waals surface area contributed by atoms with Crippen LogP contribution >= 0.6 is 0 Å². The summed E-state index contributed by atoms with van der Waals surface area (Å²) >= 11 is 0. The van der Waals surface area contributed by atoms with E-state index in [1.165, 1.54) is 0 Å². The van der Waals surface area contributed by atoms with Gasteiger partial charge in [0.1, 0.15) is 0 Å². The zero-order valence-corrected chi connectivity index (χ0v) is 24.4. The van der Waals surface area contributed by atoms with E-state index in [4.69, 9.17) is 0 Å². The van der Waals surface area contributed by atoms with E-state index >= 15 is 0 Å². The van der Waals surface area contributed by atoms with Gasteiger partial charge < -0.3 is 0 Å². The van der Waals surface area contributed by atoms with Gasteiger partial charge in [-0.05, 0) is 73.0 Å². The summed E-state index contributed by atoms with van der Waals surface area (Å²) in [7, 11) is 0. The Morgan fingerprint density at radius 1 is 0.167 bits per heavy atom. The quantitative estimate of drug-likeness (QED) is 0.313. The molecule has 4 aliphatic rings. The van der Waals surface area contributed by atoms with E-state index in [-0.39, 0.29) is 0 Å². The molecule has 0 aromatic rings. The fourth-order valence-corrected chi connectivity index (χ4v) is 10.5. The molecule has 208 valence electrons. The van der Waals surface area contributed by atoms with E-state index < -0.39 is 0 Å². The van der Waals surface area contributed by atoms with E-state index in [0.29, 0.717) is 0 Å². The molecule has 0 saturated heterocycles. The zero-order valence-electron chi connectivity index (χ0n) is 24.4. The second-order valence-corrected chi connectivity index (χ2v) is 15.3. The van der Waals surface area contributed by atoms with E-state index in [9.17, 15) is 0 Å². The maximum absolute atomic E-state index is 1.61. The average Bonchev–Trinajstić information content (AvgIpc) is 2.83. The van der Waals surface area contributed by atoms with Crippen LogP contribution in [0.15, 0.2) is 0 Å². The molecule has 0 aromatic carbocycles. The Morgan fingerprint density at radius 3 is 0.389 bits per heavy atom. The standard InChI is InChI=1S/C36H64/c1-9-29-11-2-13-33-21-7-22-34-14-3-12-30(10-1)26-32-16-4-15-31(25-29)17-5-19-35(27-33)23-8-24-36(28-34)20-6-18-32/h29-36H,1-28H2. The summed E-state index contributed by atoms with van der Waals surface area (Å²) in [6, 6.07) is 0. The first-order valence-corrected chi connectivity index (χ1v) is 17.8. The van der Waals surface area contributed by atoms with E-state index in [2.05, 4.69) is 0 Å². The second kappa shape index (κ2) is 15.0. The van der Waals surface area contributed by atoms with Crippen molar-refractivity contribution >= 4 is 0 Å². The van der Waals surface area contributed by atoms with Crippen molar-refractivity contribution in [1.29, 1.82) is 0 Å². The van der Waals surface area contributed by atoms with Gasteiger partial charge in [0, 0.05) is 0 Å². The van der Waals surface area contributed by atoms with E-state index in [0.717, 1.165) is 47.3 Å². The van der Waals surface area contributed by atoms with Gasteiger partial charge in [-0.25, -0.2) is 0 Å². The lowest BCUT2D eigenvalue weighted by molar-refractivity contribution is 0.190. The third kappa shape index (κ3) is 9.04. The van der Waals surface area contributed by atoms with Crippen molar-refractivity contribution in [3.8, 4) is 0 Å². The summed E-state index contributed by atoms with van der Waals surface area (Å²) in [5.74, 6) is 8.50. The van der Waals surface area contributed by atoms with Crippen LogP contribution < -0.4 is 0 Å². The van der Waals surface area contributed by atoms with Crippen molar-refractivity contribution in [2.45, 2.75) is 180 Å². The van der Waals surface area contributed by atoms with Gasteiger partial charge in [0.25, 0.3) is 0 Å². The first-order chi connectivity index (χ1) is 17.8. The summed E-state index contributed by atoms with van der Waals surface area (Å²) in [5, 5.41) is 0. The molecule has 0 atom stereocenters. The molecule has 0 radical (unpaired) electrons.